The maximum Gasteiger partial charge on any atom is 0.0346 e. The average molecular weight is 320 g/mol. The Bertz CT molecular complexity index is 768. The highest BCUT2D eigenvalue weighted by molar-refractivity contribution is 5.59. The van der Waals surface area contributed by atoms with E-state index in [-0.39, 0.29) is 0 Å². The van der Waals surface area contributed by atoms with Gasteiger partial charge in [-0.3, -0.25) is 0 Å². The maximum absolute atomic E-state index is 6.43. The Kier molecular flexibility index (Phi) is 3.59. The first kappa shape index (κ1) is 15.6. The lowest BCUT2D eigenvalue weighted by Crippen LogP contribution is -2.35. The first-order valence-corrected chi connectivity index (χ1v) is 9.22. The molecular formula is C22H28N2. The zero-order valence-corrected chi connectivity index (χ0v) is 14.8. The SMILES string of the molecule is C=C1/C=C(C)\C(N)=C/C2c3cc(N)c(C)cc3C1C1CCCCC21. The van der Waals surface area contributed by atoms with Gasteiger partial charge in [0.2, 0.25) is 0 Å². The molecule has 4 rings (SSSR count). The van der Waals surface area contributed by atoms with Crippen molar-refractivity contribution in [2.45, 2.75) is 51.4 Å². The molecule has 0 saturated heterocycles. The van der Waals surface area contributed by atoms with E-state index in [0.717, 1.165) is 17.0 Å². The fourth-order valence-electron chi connectivity index (χ4n) is 5.30. The third-order valence-electron chi connectivity index (χ3n) is 6.55. The molecule has 1 aromatic carbocycles. The number of nitrogens with two attached hydrogens (primary N) is 2. The Morgan fingerprint density at radius 3 is 2.46 bits per heavy atom. The standard InChI is InChI=1S/C22H28N2/c1-12-8-14(3)22-16-7-5-4-6-15(16)17(10-20(12)23)18-11-21(24)13(2)9-19(18)22/h8-11,15-17,22H,3-7,23-24H2,1-2H3/b12-8-,20-10+. The summed E-state index contributed by atoms with van der Waals surface area (Å²) in [6.45, 7) is 8.69. The van der Waals surface area contributed by atoms with Gasteiger partial charge in [0.15, 0.2) is 0 Å². The minimum atomic E-state index is 0.388. The number of aryl methyl sites for hydroxylation is 1. The molecule has 24 heavy (non-hydrogen) atoms. The van der Waals surface area contributed by atoms with E-state index < -0.39 is 0 Å². The summed E-state index contributed by atoms with van der Waals surface area (Å²) < 4.78 is 0. The topological polar surface area (TPSA) is 52.0 Å². The second-order valence-corrected chi connectivity index (χ2v) is 7.98. The summed E-state index contributed by atoms with van der Waals surface area (Å²) in [5.74, 6) is 2.14. The van der Waals surface area contributed by atoms with Gasteiger partial charge >= 0.3 is 0 Å². The fourth-order valence-corrected chi connectivity index (χ4v) is 5.30. The maximum atomic E-state index is 6.43. The van der Waals surface area contributed by atoms with E-state index in [2.05, 4.69) is 44.7 Å². The van der Waals surface area contributed by atoms with Crippen molar-refractivity contribution in [2.75, 3.05) is 5.73 Å². The highest BCUT2D eigenvalue weighted by atomic mass is 14.6. The number of fused-ring (bicyclic) bond motifs is 3. The predicted octanol–water partition coefficient (Wildman–Crippen LogP) is 4.92. The summed E-state index contributed by atoms with van der Waals surface area (Å²) >= 11 is 0. The second-order valence-electron chi connectivity index (χ2n) is 7.98. The smallest absolute Gasteiger partial charge is 0.0346 e. The molecule has 3 aliphatic carbocycles. The van der Waals surface area contributed by atoms with E-state index in [1.165, 1.54) is 47.9 Å². The normalized spacial score (nSPS) is 36.3. The van der Waals surface area contributed by atoms with E-state index in [1.54, 1.807) is 0 Å². The molecule has 0 radical (unpaired) electrons. The van der Waals surface area contributed by atoms with Gasteiger partial charge in [-0.25, -0.2) is 0 Å². The van der Waals surface area contributed by atoms with Gasteiger partial charge in [0.1, 0.15) is 0 Å². The molecular weight excluding hydrogens is 292 g/mol. The number of hydrogen-bond acceptors (Lipinski definition) is 2. The lowest BCUT2D eigenvalue weighted by molar-refractivity contribution is 0.182. The van der Waals surface area contributed by atoms with Gasteiger partial charge in [0, 0.05) is 23.2 Å². The average Bonchev–Trinajstić information content (AvgIpc) is 2.61. The molecule has 2 nitrogen and oxygen atoms in total. The van der Waals surface area contributed by atoms with Gasteiger partial charge in [-0.1, -0.05) is 37.6 Å². The van der Waals surface area contributed by atoms with Crippen LogP contribution in [0.3, 0.4) is 0 Å². The fraction of sp³-hybridized carbons (Fsp3) is 0.455. The van der Waals surface area contributed by atoms with Crippen molar-refractivity contribution in [3.63, 3.8) is 0 Å². The molecule has 2 bridgehead atoms. The van der Waals surface area contributed by atoms with Crippen LogP contribution in [0.25, 0.3) is 0 Å². The molecule has 4 N–H and O–H groups in total. The number of rotatable bonds is 0. The number of nitrogen functional groups attached to an aromatic ring is 1. The molecule has 0 heterocycles. The van der Waals surface area contributed by atoms with Crippen LogP contribution in [-0.2, 0) is 0 Å². The zero-order chi connectivity index (χ0) is 17.0. The van der Waals surface area contributed by atoms with Crippen molar-refractivity contribution < 1.29 is 0 Å². The summed E-state index contributed by atoms with van der Waals surface area (Å²) in [6, 6.07) is 4.53. The molecule has 1 aromatic rings. The molecule has 0 aromatic heterocycles. The molecule has 1 saturated carbocycles. The van der Waals surface area contributed by atoms with Gasteiger partial charge in [-0.2, -0.15) is 0 Å². The molecule has 2 heteroatoms. The molecule has 0 aliphatic heterocycles. The van der Waals surface area contributed by atoms with E-state index in [0.29, 0.717) is 23.7 Å². The quantitative estimate of drug-likeness (QED) is 0.666. The summed E-state index contributed by atoms with van der Waals surface area (Å²) in [6.07, 6.45) is 9.77. The zero-order valence-electron chi connectivity index (χ0n) is 14.8. The predicted molar refractivity (Wildman–Crippen MR) is 102 cm³/mol. The minimum absolute atomic E-state index is 0.388. The van der Waals surface area contributed by atoms with Crippen molar-refractivity contribution in [3.8, 4) is 0 Å². The van der Waals surface area contributed by atoms with Crippen molar-refractivity contribution in [3.05, 3.63) is 64.4 Å². The first-order valence-electron chi connectivity index (χ1n) is 9.22. The van der Waals surface area contributed by atoms with Crippen LogP contribution in [0.4, 0.5) is 5.69 Å². The molecule has 0 spiro atoms. The minimum Gasteiger partial charge on any atom is -0.399 e. The van der Waals surface area contributed by atoms with Gasteiger partial charge in [-0.15, -0.1) is 0 Å². The largest absolute Gasteiger partial charge is 0.399 e. The Labute approximate surface area is 145 Å². The van der Waals surface area contributed by atoms with Crippen LogP contribution in [0.1, 0.15) is 61.1 Å². The van der Waals surface area contributed by atoms with Gasteiger partial charge in [-0.05, 0) is 72.4 Å². The third kappa shape index (κ3) is 2.23. The van der Waals surface area contributed by atoms with Crippen LogP contribution < -0.4 is 11.5 Å². The Balaban J connectivity index is 2.02. The van der Waals surface area contributed by atoms with Crippen molar-refractivity contribution in [1.82, 2.24) is 0 Å². The van der Waals surface area contributed by atoms with Crippen LogP contribution >= 0.6 is 0 Å². The number of allylic oxidation sites excluding steroid dienone is 4. The summed E-state index contributed by atoms with van der Waals surface area (Å²) in [5, 5.41) is 0. The van der Waals surface area contributed by atoms with Crippen LogP contribution in [0, 0.1) is 18.8 Å². The van der Waals surface area contributed by atoms with Crippen LogP contribution in [-0.4, -0.2) is 0 Å². The lowest BCUT2D eigenvalue weighted by atomic mass is 9.57. The Morgan fingerprint density at radius 2 is 1.71 bits per heavy atom. The van der Waals surface area contributed by atoms with Crippen molar-refractivity contribution >= 4 is 5.69 Å². The molecule has 4 atom stereocenters. The Morgan fingerprint density at radius 1 is 1.00 bits per heavy atom. The van der Waals surface area contributed by atoms with Gasteiger partial charge in [0.25, 0.3) is 0 Å². The third-order valence-corrected chi connectivity index (χ3v) is 6.55. The van der Waals surface area contributed by atoms with E-state index >= 15 is 0 Å². The second kappa shape index (κ2) is 5.54. The molecule has 1 fully saturated rings. The first-order chi connectivity index (χ1) is 11.5. The molecule has 4 unspecified atom stereocenters. The van der Waals surface area contributed by atoms with Crippen LogP contribution in [0.5, 0.6) is 0 Å². The lowest BCUT2D eigenvalue weighted by Gasteiger charge is -2.47. The number of anilines is 1. The van der Waals surface area contributed by atoms with E-state index in [1.807, 2.05) is 0 Å². The van der Waals surface area contributed by atoms with Gasteiger partial charge < -0.3 is 11.5 Å². The van der Waals surface area contributed by atoms with Crippen molar-refractivity contribution in [1.29, 1.82) is 0 Å². The highest BCUT2D eigenvalue weighted by Crippen LogP contribution is 2.56. The molecule has 0 amide bonds. The summed E-state index contributed by atoms with van der Waals surface area (Å²) in [7, 11) is 0. The Hall–Kier alpha value is -1.96. The molecule has 3 aliphatic rings. The van der Waals surface area contributed by atoms with Crippen LogP contribution in [0.2, 0.25) is 0 Å². The number of benzene rings is 1. The summed E-state index contributed by atoms with van der Waals surface area (Å²) in [5.41, 5.74) is 20.9. The molecule has 126 valence electrons. The monoisotopic (exact) mass is 320 g/mol. The highest BCUT2D eigenvalue weighted by Gasteiger charge is 2.44. The number of hydrogen-bond donors (Lipinski definition) is 2. The summed E-state index contributed by atoms with van der Waals surface area (Å²) in [4.78, 5) is 0. The van der Waals surface area contributed by atoms with Gasteiger partial charge in [0.05, 0.1) is 0 Å². The van der Waals surface area contributed by atoms with E-state index in [4.69, 9.17) is 11.5 Å². The van der Waals surface area contributed by atoms with Crippen LogP contribution in [0.15, 0.2) is 47.7 Å². The van der Waals surface area contributed by atoms with E-state index in [9.17, 15) is 0 Å². The van der Waals surface area contributed by atoms with Crippen molar-refractivity contribution in [2.24, 2.45) is 17.6 Å².